The van der Waals surface area contributed by atoms with Crippen LogP contribution >= 0.6 is 0 Å². The summed E-state index contributed by atoms with van der Waals surface area (Å²) in [7, 11) is 0. The molecule has 0 saturated heterocycles. The van der Waals surface area contributed by atoms with Gasteiger partial charge in [-0.2, -0.15) is 0 Å². The molecule has 1 nitrogen and oxygen atoms in total. The van der Waals surface area contributed by atoms with Crippen LogP contribution in [0.4, 0.5) is 0 Å². The molecule has 4 bridgehead atoms. The van der Waals surface area contributed by atoms with Crippen LogP contribution in [0.2, 0.25) is 0 Å². The summed E-state index contributed by atoms with van der Waals surface area (Å²) in [4.78, 5) is 11.5. The predicted molar refractivity (Wildman–Crippen MR) is 65.1 cm³/mol. The zero-order valence-corrected chi connectivity index (χ0v) is 10.9. The average molecular weight is 220 g/mol. The van der Waals surface area contributed by atoms with Gasteiger partial charge in [-0.25, -0.2) is 0 Å². The molecule has 0 aromatic rings. The first kappa shape index (κ1) is 10.8. The minimum absolute atomic E-state index is 0.398. The van der Waals surface area contributed by atoms with E-state index < -0.39 is 0 Å². The maximum absolute atomic E-state index is 11.5. The number of hydrogen-bond acceptors (Lipinski definition) is 1. The van der Waals surface area contributed by atoms with E-state index in [1.54, 1.807) is 6.92 Å². The zero-order valence-electron chi connectivity index (χ0n) is 10.9. The normalized spacial score (nSPS) is 54.3. The van der Waals surface area contributed by atoms with Crippen LogP contribution in [0.3, 0.4) is 0 Å². The number of carbonyl (C=O) groups is 1. The SMILES string of the molecule is CC(=O)CC12CC3C[C@@](C)(C1)C[C@](C)(C3)C2. The summed E-state index contributed by atoms with van der Waals surface area (Å²) in [5, 5.41) is 0. The van der Waals surface area contributed by atoms with E-state index in [9.17, 15) is 4.79 Å². The number of hydrogen-bond donors (Lipinski definition) is 0. The van der Waals surface area contributed by atoms with E-state index in [2.05, 4.69) is 13.8 Å². The minimum Gasteiger partial charge on any atom is -0.300 e. The van der Waals surface area contributed by atoms with Crippen LogP contribution in [0.1, 0.15) is 65.7 Å². The summed E-state index contributed by atoms with van der Waals surface area (Å²) in [5.41, 5.74) is 1.52. The molecule has 1 heteroatoms. The Labute approximate surface area is 99.0 Å². The van der Waals surface area contributed by atoms with E-state index in [-0.39, 0.29) is 0 Å². The third-order valence-corrected chi connectivity index (χ3v) is 5.37. The molecule has 0 aliphatic heterocycles. The molecular weight excluding hydrogens is 196 g/mol. The molecule has 90 valence electrons. The highest BCUT2D eigenvalue weighted by molar-refractivity contribution is 5.76. The Kier molecular flexibility index (Phi) is 1.97. The minimum atomic E-state index is 0.398. The topological polar surface area (TPSA) is 17.1 Å². The summed E-state index contributed by atoms with van der Waals surface area (Å²) in [6.45, 7) is 6.73. The van der Waals surface area contributed by atoms with E-state index in [0.29, 0.717) is 22.0 Å². The Bertz CT molecular complexity index is 325. The highest BCUT2D eigenvalue weighted by atomic mass is 16.1. The zero-order chi connectivity index (χ0) is 11.6. The Morgan fingerprint density at radius 2 is 1.62 bits per heavy atom. The van der Waals surface area contributed by atoms with Crippen LogP contribution in [-0.2, 0) is 4.79 Å². The molecule has 4 fully saturated rings. The van der Waals surface area contributed by atoms with E-state index in [1.807, 2.05) is 0 Å². The smallest absolute Gasteiger partial charge is 0.130 e. The van der Waals surface area contributed by atoms with Crippen molar-refractivity contribution in [2.45, 2.75) is 65.7 Å². The fourth-order valence-electron chi connectivity index (χ4n) is 6.41. The predicted octanol–water partition coefficient (Wildman–Crippen LogP) is 3.96. The first-order valence-electron chi connectivity index (χ1n) is 6.82. The second-order valence-electron chi connectivity index (χ2n) is 8.01. The van der Waals surface area contributed by atoms with Crippen molar-refractivity contribution in [2.75, 3.05) is 0 Å². The maximum Gasteiger partial charge on any atom is 0.130 e. The number of carbonyl (C=O) groups excluding carboxylic acids is 1. The van der Waals surface area contributed by atoms with Crippen molar-refractivity contribution in [1.29, 1.82) is 0 Å². The van der Waals surface area contributed by atoms with Crippen molar-refractivity contribution in [3.05, 3.63) is 0 Å². The molecule has 0 radical (unpaired) electrons. The fraction of sp³-hybridized carbons (Fsp3) is 0.933. The lowest BCUT2D eigenvalue weighted by atomic mass is 9.40. The summed E-state index contributed by atoms with van der Waals surface area (Å²) in [6, 6.07) is 0. The quantitative estimate of drug-likeness (QED) is 0.688. The Morgan fingerprint density at radius 3 is 2.06 bits per heavy atom. The van der Waals surface area contributed by atoms with Crippen molar-refractivity contribution < 1.29 is 4.79 Å². The average Bonchev–Trinajstić information content (AvgIpc) is 1.91. The van der Waals surface area contributed by atoms with E-state index >= 15 is 0 Å². The lowest BCUT2D eigenvalue weighted by Gasteiger charge is -2.65. The van der Waals surface area contributed by atoms with Gasteiger partial charge in [0, 0.05) is 6.42 Å². The lowest BCUT2D eigenvalue weighted by Crippen LogP contribution is -2.55. The highest BCUT2D eigenvalue weighted by Crippen LogP contribution is 2.70. The molecule has 4 atom stereocenters. The molecule has 2 unspecified atom stereocenters. The van der Waals surface area contributed by atoms with Gasteiger partial charge in [0.25, 0.3) is 0 Å². The molecule has 0 N–H and O–H groups in total. The van der Waals surface area contributed by atoms with Gasteiger partial charge in [-0.1, -0.05) is 13.8 Å². The van der Waals surface area contributed by atoms with Crippen molar-refractivity contribution in [1.82, 2.24) is 0 Å². The van der Waals surface area contributed by atoms with Crippen LogP contribution in [0, 0.1) is 22.2 Å². The maximum atomic E-state index is 11.5. The second-order valence-corrected chi connectivity index (χ2v) is 8.01. The van der Waals surface area contributed by atoms with E-state index in [0.717, 1.165) is 12.3 Å². The third kappa shape index (κ3) is 1.55. The van der Waals surface area contributed by atoms with Crippen LogP contribution < -0.4 is 0 Å². The Balaban J connectivity index is 1.95. The highest BCUT2D eigenvalue weighted by Gasteiger charge is 2.59. The summed E-state index contributed by atoms with van der Waals surface area (Å²) in [5.74, 6) is 1.33. The number of ketones is 1. The van der Waals surface area contributed by atoms with Gasteiger partial charge in [0.2, 0.25) is 0 Å². The number of Topliss-reactive ketones (excluding diaryl/α,β-unsaturated/α-hetero) is 1. The Hall–Kier alpha value is -0.330. The number of rotatable bonds is 2. The molecule has 0 aromatic carbocycles. The van der Waals surface area contributed by atoms with Crippen LogP contribution in [-0.4, -0.2) is 5.78 Å². The van der Waals surface area contributed by atoms with E-state index in [1.165, 1.54) is 38.5 Å². The van der Waals surface area contributed by atoms with Gasteiger partial charge in [-0.05, 0) is 67.6 Å². The van der Waals surface area contributed by atoms with Crippen LogP contribution in [0.25, 0.3) is 0 Å². The molecule has 4 aliphatic carbocycles. The van der Waals surface area contributed by atoms with Crippen molar-refractivity contribution in [3.63, 3.8) is 0 Å². The van der Waals surface area contributed by atoms with Gasteiger partial charge in [0.1, 0.15) is 5.78 Å². The molecule has 4 rings (SSSR count). The summed E-state index contributed by atoms with van der Waals surface area (Å²) >= 11 is 0. The van der Waals surface area contributed by atoms with Crippen LogP contribution in [0.15, 0.2) is 0 Å². The molecule has 0 aromatic heterocycles. The molecule has 0 heterocycles. The van der Waals surface area contributed by atoms with Gasteiger partial charge in [0.05, 0.1) is 0 Å². The second kappa shape index (κ2) is 2.91. The molecule has 0 amide bonds. The molecule has 16 heavy (non-hydrogen) atoms. The lowest BCUT2D eigenvalue weighted by molar-refractivity contribution is -0.154. The first-order chi connectivity index (χ1) is 7.32. The van der Waals surface area contributed by atoms with Crippen molar-refractivity contribution in [3.8, 4) is 0 Å². The summed E-state index contributed by atoms with van der Waals surface area (Å²) in [6.07, 6.45) is 9.13. The van der Waals surface area contributed by atoms with Gasteiger partial charge in [0.15, 0.2) is 0 Å². The van der Waals surface area contributed by atoms with E-state index in [4.69, 9.17) is 0 Å². The molecule has 4 aliphatic rings. The van der Waals surface area contributed by atoms with Gasteiger partial charge < -0.3 is 4.79 Å². The molecular formula is C15H24O. The van der Waals surface area contributed by atoms with Crippen molar-refractivity contribution in [2.24, 2.45) is 22.2 Å². The van der Waals surface area contributed by atoms with Gasteiger partial charge >= 0.3 is 0 Å². The largest absolute Gasteiger partial charge is 0.300 e. The standard InChI is InChI=1S/C15H24O/c1-11(16)4-15-7-12-5-13(2,9-15)8-14(3,6-12)10-15/h12H,4-10H2,1-3H3/t12?,13-,14+,15?. The Morgan fingerprint density at radius 1 is 1.06 bits per heavy atom. The van der Waals surface area contributed by atoms with Crippen molar-refractivity contribution >= 4 is 5.78 Å². The fourth-order valence-corrected chi connectivity index (χ4v) is 6.41. The summed E-state index contributed by atoms with van der Waals surface area (Å²) < 4.78 is 0. The van der Waals surface area contributed by atoms with Gasteiger partial charge in [-0.15, -0.1) is 0 Å². The van der Waals surface area contributed by atoms with Gasteiger partial charge in [-0.3, -0.25) is 0 Å². The molecule has 4 saturated carbocycles. The monoisotopic (exact) mass is 220 g/mol. The molecule has 0 spiro atoms. The third-order valence-electron chi connectivity index (χ3n) is 5.37. The first-order valence-corrected chi connectivity index (χ1v) is 6.82. The van der Waals surface area contributed by atoms with Crippen LogP contribution in [0.5, 0.6) is 0 Å².